The molecule has 260 valence electrons. The van der Waals surface area contributed by atoms with E-state index in [0.29, 0.717) is 43.6 Å². The van der Waals surface area contributed by atoms with Crippen LogP contribution in [0.2, 0.25) is 0 Å². The normalized spacial score (nSPS) is 17.2. The van der Waals surface area contributed by atoms with Crippen molar-refractivity contribution in [2.24, 2.45) is 11.0 Å². The Morgan fingerprint density at radius 3 is 2.02 bits per heavy atom. The van der Waals surface area contributed by atoms with Gasteiger partial charge in [0, 0.05) is 40.3 Å². The molecular formula is C29H33F9N6O3. The Labute approximate surface area is 264 Å². The van der Waals surface area contributed by atoms with Gasteiger partial charge in [-0.15, -0.1) is 10.2 Å². The van der Waals surface area contributed by atoms with Gasteiger partial charge in [0.05, 0.1) is 29.4 Å². The molecule has 1 fully saturated rings. The quantitative estimate of drug-likeness (QED) is 0.307. The molecule has 0 saturated carbocycles. The summed E-state index contributed by atoms with van der Waals surface area (Å²) >= 11 is 0. The number of ether oxygens (including phenoxy) is 2. The highest BCUT2D eigenvalue weighted by atomic mass is 19.4. The number of likely N-dealkylation sites (tertiary alicyclic amines) is 1. The SMILES string of the molecule is CCOC(=O)N1CCC(C(OC)c2ccc(C(F)(F)F)cc2CN(Cc2cc(C(F)(F)F)cc(C(F)(F)F)c2)C2=NNN(C)N2)CC1. The van der Waals surface area contributed by atoms with Gasteiger partial charge in [-0.1, -0.05) is 6.07 Å². The second kappa shape index (κ2) is 14.0. The minimum Gasteiger partial charge on any atom is -0.450 e. The molecule has 47 heavy (non-hydrogen) atoms. The number of hydrogen-bond donors (Lipinski definition) is 2. The summed E-state index contributed by atoms with van der Waals surface area (Å²) in [7, 11) is 2.85. The molecular weight excluding hydrogens is 651 g/mol. The molecule has 0 radical (unpaired) electrons. The molecule has 4 rings (SSSR count). The summed E-state index contributed by atoms with van der Waals surface area (Å²) in [5.41, 5.74) is 1.14. The predicted molar refractivity (Wildman–Crippen MR) is 150 cm³/mol. The fourth-order valence-electron chi connectivity index (χ4n) is 5.58. The number of nitrogens with one attached hydrogen (secondary N) is 2. The van der Waals surface area contributed by atoms with Crippen LogP contribution in [0, 0.1) is 5.92 Å². The molecule has 2 aromatic carbocycles. The van der Waals surface area contributed by atoms with Crippen LogP contribution in [0.3, 0.4) is 0 Å². The maximum absolute atomic E-state index is 13.9. The maximum Gasteiger partial charge on any atom is 0.416 e. The van der Waals surface area contributed by atoms with Crippen LogP contribution in [0.5, 0.6) is 0 Å². The standard InChI is InChI=1S/C29H33F9N6O3/c1-4-47-26(45)43-9-7-18(8-10-43)24(46-3)23-6-5-20(27(30,31)32)13-19(23)16-44(25-39-41-42(2)40-25)15-17-11-21(28(33,34)35)14-22(12-17)29(36,37)38/h5-6,11-14,18,24,41H,4,7-10,15-16H2,1-3H3,(H,39,40). The Morgan fingerprint density at radius 2 is 1.53 bits per heavy atom. The van der Waals surface area contributed by atoms with Crippen molar-refractivity contribution in [1.29, 1.82) is 0 Å². The van der Waals surface area contributed by atoms with Crippen LogP contribution in [0.1, 0.15) is 59.3 Å². The van der Waals surface area contributed by atoms with E-state index in [-0.39, 0.29) is 30.1 Å². The summed E-state index contributed by atoms with van der Waals surface area (Å²) in [6, 6.07) is 4.11. The van der Waals surface area contributed by atoms with E-state index in [0.717, 1.165) is 12.1 Å². The van der Waals surface area contributed by atoms with Gasteiger partial charge in [0.1, 0.15) is 0 Å². The van der Waals surface area contributed by atoms with Crippen molar-refractivity contribution in [2.75, 3.05) is 33.9 Å². The minimum absolute atomic E-state index is 0.00412. The van der Waals surface area contributed by atoms with Gasteiger partial charge in [0.2, 0.25) is 5.96 Å². The summed E-state index contributed by atoms with van der Waals surface area (Å²) in [5, 5.41) is 5.24. The number of guanidine groups is 1. The van der Waals surface area contributed by atoms with E-state index in [1.54, 1.807) is 6.92 Å². The van der Waals surface area contributed by atoms with E-state index in [4.69, 9.17) is 9.47 Å². The van der Waals surface area contributed by atoms with Gasteiger partial charge >= 0.3 is 24.6 Å². The smallest absolute Gasteiger partial charge is 0.416 e. The Bertz CT molecular complexity index is 1410. The summed E-state index contributed by atoms with van der Waals surface area (Å²) in [4.78, 5) is 14.9. The van der Waals surface area contributed by atoms with Crippen LogP contribution in [0.25, 0.3) is 0 Å². The number of carbonyl (C=O) groups is 1. The summed E-state index contributed by atoms with van der Waals surface area (Å²) in [6.45, 7) is 1.46. The van der Waals surface area contributed by atoms with Crippen LogP contribution >= 0.6 is 0 Å². The summed E-state index contributed by atoms with van der Waals surface area (Å²) < 4.78 is 134. The zero-order valence-corrected chi connectivity index (χ0v) is 25.5. The number of rotatable bonds is 8. The zero-order chi connectivity index (χ0) is 34.7. The fourth-order valence-corrected chi connectivity index (χ4v) is 5.58. The molecule has 0 aromatic heterocycles. The predicted octanol–water partition coefficient (Wildman–Crippen LogP) is 6.53. The average Bonchev–Trinajstić information content (AvgIpc) is 3.43. The Hall–Kier alpha value is -3.93. The largest absolute Gasteiger partial charge is 0.450 e. The molecule has 1 amide bonds. The van der Waals surface area contributed by atoms with E-state index in [1.807, 2.05) is 0 Å². The highest BCUT2D eigenvalue weighted by Gasteiger charge is 2.38. The first-order valence-corrected chi connectivity index (χ1v) is 14.4. The lowest BCUT2D eigenvalue weighted by Gasteiger charge is -2.36. The number of hydrazine groups is 2. The van der Waals surface area contributed by atoms with Crippen molar-refractivity contribution in [3.8, 4) is 0 Å². The van der Waals surface area contributed by atoms with E-state index in [9.17, 15) is 44.3 Å². The fraction of sp³-hybridized carbons (Fsp3) is 0.517. The number of benzene rings is 2. The number of hydrogen-bond acceptors (Lipinski definition) is 8. The average molecular weight is 685 g/mol. The molecule has 9 nitrogen and oxygen atoms in total. The van der Waals surface area contributed by atoms with Gasteiger partial charge in [-0.2, -0.15) is 39.5 Å². The third-order valence-electron chi connectivity index (χ3n) is 7.78. The Kier molecular flexibility index (Phi) is 10.7. The van der Waals surface area contributed by atoms with Gasteiger partial charge in [-0.25, -0.2) is 10.3 Å². The number of nitrogens with zero attached hydrogens (tertiary/aromatic N) is 4. The molecule has 18 heteroatoms. The number of carbonyl (C=O) groups excluding carboxylic acids is 1. The summed E-state index contributed by atoms with van der Waals surface area (Å²) in [6.07, 6.45) is -15.4. The van der Waals surface area contributed by atoms with Gasteiger partial charge in [-0.3, -0.25) is 5.43 Å². The van der Waals surface area contributed by atoms with Crippen molar-refractivity contribution in [1.82, 2.24) is 25.9 Å². The van der Waals surface area contributed by atoms with E-state index in [1.165, 1.54) is 35.1 Å². The minimum atomic E-state index is -5.10. The molecule has 2 N–H and O–H groups in total. The second-order valence-electron chi connectivity index (χ2n) is 11.1. The van der Waals surface area contributed by atoms with Crippen LogP contribution in [-0.4, -0.2) is 60.8 Å². The second-order valence-corrected chi connectivity index (χ2v) is 11.1. The lowest BCUT2D eigenvalue weighted by molar-refractivity contribution is -0.143. The number of alkyl halides is 9. The number of amides is 1. The zero-order valence-electron chi connectivity index (χ0n) is 25.5. The lowest BCUT2D eigenvalue weighted by atomic mass is 9.85. The van der Waals surface area contributed by atoms with Crippen molar-refractivity contribution >= 4 is 12.1 Å². The van der Waals surface area contributed by atoms with Crippen LogP contribution in [0.4, 0.5) is 44.3 Å². The van der Waals surface area contributed by atoms with Gasteiger partial charge in [-0.05, 0) is 72.7 Å². The molecule has 1 saturated heterocycles. The lowest BCUT2D eigenvalue weighted by Crippen LogP contribution is -2.44. The molecule has 2 aliphatic heterocycles. The van der Waals surface area contributed by atoms with Crippen LogP contribution in [-0.2, 0) is 41.1 Å². The molecule has 2 heterocycles. The first-order valence-electron chi connectivity index (χ1n) is 14.4. The molecule has 2 aromatic rings. The first-order chi connectivity index (χ1) is 21.9. The van der Waals surface area contributed by atoms with Crippen molar-refractivity contribution in [3.05, 3.63) is 69.8 Å². The number of piperidine rings is 1. The number of hydrazone groups is 1. The van der Waals surface area contributed by atoms with Crippen molar-refractivity contribution in [3.63, 3.8) is 0 Å². The molecule has 0 spiro atoms. The summed E-state index contributed by atoms with van der Waals surface area (Å²) in [5.74, 6) is -0.319. The third-order valence-corrected chi connectivity index (χ3v) is 7.78. The van der Waals surface area contributed by atoms with Crippen LogP contribution in [0.15, 0.2) is 41.5 Å². The highest BCUT2D eigenvalue weighted by molar-refractivity contribution is 5.80. The number of halogens is 9. The maximum atomic E-state index is 13.9. The van der Waals surface area contributed by atoms with Gasteiger partial charge in [0.25, 0.3) is 0 Å². The van der Waals surface area contributed by atoms with Crippen molar-refractivity contribution < 1.29 is 53.8 Å². The molecule has 1 atom stereocenters. The molecule has 0 bridgehead atoms. The third kappa shape index (κ3) is 8.91. The van der Waals surface area contributed by atoms with Crippen LogP contribution < -0.4 is 11.0 Å². The van der Waals surface area contributed by atoms with E-state index in [2.05, 4.69) is 16.1 Å². The molecule has 1 unspecified atom stereocenters. The van der Waals surface area contributed by atoms with E-state index >= 15 is 0 Å². The number of methoxy groups -OCH3 is 1. The van der Waals surface area contributed by atoms with Gasteiger partial charge < -0.3 is 19.3 Å². The Balaban J connectivity index is 1.74. The monoisotopic (exact) mass is 684 g/mol. The molecule has 0 aliphatic carbocycles. The highest BCUT2D eigenvalue weighted by Crippen LogP contribution is 2.40. The van der Waals surface area contributed by atoms with Crippen molar-refractivity contribution in [2.45, 2.75) is 57.5 Å². The topological polar surface area (TPSA) is 81.7 Å². The van der Waals surface area contributed by atoms with Gasteiger partial charge in [0.15, 0.2) is 0 Å². The van der Waals surface area contributed by atoms with E-state index < -0.39 is 66.1 Å². The Morgan fingerprint density at radius 1 is 0.936 bits per heavy atom. The first kappa shape index (κ1) is 35.9. The molecule has 2 aliphatic rings.